The van der Waals surface area contributed by atoms with Gasteiger partial charge >= 0.3 is 6.03 Å². The largest absolute Gasteiger partial charge is 0.324 e. The van der Waals surface area contributed by atoms with Gasteiger partial charge in [0.2, 0.25) is 0 Å². The van der Waals surface area contributed by atoms with Crippen LogP contribution in [0.25, 0.3) is 0 Å². The molecular weight excluding hydrogens is 250 g/mol. The van der Waals surface area contributed by atoms with E-state index in [1.165, 1.54) is 12.8 Å². The first kappa shape index (κ1) is 14.9. The van der Waals surface area contributed by atoms with Crippen LogP contribution in [0.2, 0.25) is 0 Å². The summed E-state index contributed by atoms with van der Waals surface area (Å²) >= 11 is 0. The lowest BCUT2D eigenvalue weighted by Crippen LogP contribution is -2.37. The molecule has 20 heavy (non-hydrogen) atoms. The molecule has 0 aliphatic heterocycles. The number of rotatable bonds is 6. The van der Waals surface area contributed by atoms with Gasteiger partial charge < -0.3 is 16.0 Å². The summed E-state index contributed by atoms with van der Waals surface area (Å²) in [5.74, 6) is 0.716. The molecule has 4 heteroatoms. The summed E-state index contributed by atoms with van der Waals surface area (Å²) in [6, 6.07) is 7.78. The summed E-state index contributed by atoms with van der Waals surface area (Å²) in [4.78, 5) is 14.2. The first-order valence-electron chi connectivity index (χ1n) is 7.51. The van der Waals surface area contributed by atoms with Gasteiger partial charge in [-0.2, -0.15) is 0 Å². The van der Waals surface area contributed by atoms with Crippen molar-refractivity contribution in [3.63, 3.8) is 0 Å². The summed E-state index contributed by atoms with van der Waals surface area (Å²) in [7, 11) is 0. The predicted molar refractivity (Wildman–Crippen MR) is 82.7 cm³/mol. The lowest BCUT2D eigenvalue weighted by Gasteiger charge is -2.22. The molecule has 1 unspecified atom stereocenters. The zero-order valence-electron chi connectivity index (χ0n) is 12.4. The summed E-state index contributed by atoms with van der Waals surface area (Å²) < 4.78 is 0. The van der Waals surface area contributed by atoms with Crippen molar-refractivity contribution in [3.8, 4) is 0 Å². The first-order chi connectivity index (χ1) is 9.60. The van der Waals surface area contributed by atoms with E-state index in [0.717, 1.165) is 30.8 Å². The van der Waals surface area contributed by atoms with Gasteiger partial charge in [-0.05, 0) is 49.8 Å². The molecule has 4 nitrogen and oxygen atoms in total. The third-order valence-corrected chi connectivity index (χ3v) is 3.64. The highest BCUT2D eigenvalue weighted by molar-refractivity contribution is 5.89. The summed E-state index contributed by atoms with van der Waals surface area (Å²) in [6.45, 7) is 5.76. The summed E-state index contributed by atoms with van der Waals surface area (Å²) in [6.07, 6.45) is 3.51. The molecule has 0 heterocycles. The van der Waals surface area contributed by atoms with Gasteiger partial charge in [-0.25, -0.2) is 4.79 Å². The van der Waals surface area contributed by atoms with Crippen LogP contribution in [0.3, 0.4) is 0 Å². The van der Waals surface area contributed by atoms with E-state index in [1.54, 1.807) is 0 Å². The standard InChI is InChI=1S/C16H25N3O/c1-3-10-19(11-13-4-5-13)16(20)18-15-8-6-14(7-9-15)12(2)17/h6-9,12-13H,3-5,10-11,17H2,1-2H3,(H,18,20). The molecule has 2 rings (SSSR count). The smallest absolute Gasteiger partial charge is 0.321 e. The Labute approximate surface area is 121 Å². The second-order valence-corrected chi connectivity index (χ2v) is 5.73. The topological polar surface area (TPSA) is 58.4 Å². The number of amides is 2. The van der Waals surface area contributed by atoms with Crippen LogP contribution in [-0.4, -0.2) is 24.0 Å². The lowest BCUT2D eigenvalue weighted by molar-refractivity contribution is 0.209. The Hall–Kier alpha value is -1.55. The Bertz CT molecular complexity index is 438. The molecule has 0 saturated heterocycles. The molecule has 1 fully saturated rings. The molecule has 3 N–H and O–H groups in total. The Kier molecular flexibility index (Phi) is 5.01. The number of nitrogens with two attached hydrogens (primary N) is 1. The van der Waals surface area contributed by atoms with Crippen molar-refractivity contribution < 1.29 is 4.79 Å². The Morgan fingerprint density at radius 1 is 1.40 bits per heavy atom. The first-order valence-corrected chi connectivity index (χ1v) is 7.51. The van der Waals surface area contributed by atoms with Gasteiger partial charge in [-0.15, -0.1) is 0 Å². The van der Waals surface area contributed by atoms with E-state index in [4.69, 9.17) is 5.73 Å². The van der Waals surface area contributed by atoms with E-state index >= 15 is 0 Å². The Morgan fingerprint density at radius 2 is 2.05 bits per heavy atom. The molecule has 110 valence electrons. The van der Waals surface area contributed by atoms with Crippen molar-refractivity contribution in [1.82, 2.24) is 4.90 Å². The van der Waals surface area contributed by atoms with Crippen LogP contribution in [0.1, 0.15) is 44.7 Å². The summed E-state index contributed by atoms with van der Waals surface area (Å²) in [5.41, 5.74) is 7.72. The van der Waals surface area contributed by atoms with Crippen LogP contribution < -0.4 is 11.1 Å². The van der Waals surface area contributed by atoms with Crippen LogP contribution in [0.5, 0.6) is 0 Å². The van der Waals surface area contributed by atoms with Crippen LogP contribution in [-0.2, 0) is 0 Å². The highest BCUT2D eigenvalue weighted by Crippen LogP contribution is 2.30. The second kappa shape index (κ2) is 6.75. The van der Waals surface area contributed by atoms with Crippen LogP contribution in [0.4, 0.5) is 10.5 Å². The fourth-order valence-electron chi connectivity index (χ4n) is 2.23. The molecule has 0 aromatic heterocycles. The molecule has 1 aliphatic carbocycles. The fourth-order valence-corrected chi connectivity index (χ4v) is 2.23. The highest BCUT2D eigenvalue weighted by atomic mass is 16.2. The molecular formula is C16H25N3O. The number of hydrogen-bond donors (Lipinski definition) is 2. The average Bonchev–Trinajstić information content (AvgIpc) is 3.23. The van der Waals surface area contributed by atoms with Gasteiger partial charge in [-0.3, -0.25) is 0 Å². The zero-order chi connectivity index (χ0) is 14.5. The number of urea groups is 1. The molecule has 1 atom stereocenters. The number of hydrogen-bond acceptors (Lipinski definition) is 2. The fraction of sp³-hybridized carbons (Fsp3) is 0.562. The van der Waals surface area contributed by atoms with Gasteiger partial charge in [0.25, 0.3) is 0 Å². The maximum absolute atomic E-state index is 12.3. The average molecular weight is 275 g/mol. The Morgan fingerprint density at radius 3 is 2.55 bits per heavy atom. The molecule has 1 saturated carbocycles. The van der Waals surface area contributed by atoms with E-state index in [2.05, 4.69) is 12.2 Å². The minimum Gasteiger partial charge on any atom is -0.324 e. The number of carbonyl (C=O) groups excluding carboxylic acids is 1. The van der Waals surface area contributed by atoms with Crippen molar-refractivity contribution in [2.75, 3.05) is 18.4 Å². The second-order valence-electron chi connectivity index (χ2n) is 5.73. The Balaban J connectivity index is 1.93. The van der Waals surface area contributed by atoms with E-state index < -0.39 is 0 Å². The van der Waals surface area contributed by atoms with Gasteiger partial charge in [0.1, 0.15) is 0 Å². The van der Waals surface area contributed by atoms with Gasteiger partial charge in [0, 0.05) is 24.8 Å². The van der Waals surface area contributed by atoms with Crippen LogP contribution in [0, 0.1) is 5.92 Å². The number of nitrogens with one attached hydrogen (secondary N) is 1. The molecule has 0 bridgehead atoms. The maximum atomic E-state index is 12.3. The van der Waals surface area contributed by atoms with E-state index in [0.29, 0.717) is 5.92 Å². The minimum absolute atomic E-state index is 0.00676. The molecule has 0 spiro atoms. The number of anilines is 1. The van der Waals surface area contributed by atoms with Gasteiger partial charge in [0.05, 0.1) is 0 Å². The number of nitrogens with zero attached hydrogens (tertiary/aromatic N) is 1. The lowest BCUT2D eigenvalue weighted by atomic mass is 10.1. The van der Waals surface area contributed by atoms with Crippen molar-refractivity contribution in [1.29, 1.82) is 0 Å². The van der Waals surface area contributed by atoms with Crippen molar-refractivity contribution in [3.05, 3.63) is 29.8 Å². The van der Waals surface area contributed by atoms with E-state index in [1.807, 2.05) is 36.1 Å². The van der Waals surface area contributed by atoms with E-state index in [9.17, 15) is 4.79 Å². The number of carbonyl (C=O) groups is 1. The third kappa shape index (κ3) is 4.23. The van der Waals surface area contributed by atoms with Crippen molar-refractivity contribution in [2.45, 2.75) is 39.2 Å². The molecule has 1 aromatic rings. The summed E-state index contributed by atoms with van der Waals surface area (Å²) in [5, 5.41) is 2.97. The van der Waals surface area contributed by atoms with Crippen molar-refractivity contribution >= 4 is 11.7 Å². The quantitative estimate of drug-likeness (QED) is 0.836. The molecule has 0 radical (unpaired) electrons. The van der Waals surface area contributed by atoms with E-state index in [-0.39, 0.29) is 12.1 Å². The normalized spacial score (nSPS) is 15.8. The monoisotopic (exact) mass is 275 g/mol. The number of benzene rings is 1. The molecule has 1 aromatic carbocycles. The van der Waals surface area contributed by atoms with Crippen LogP contribution in [0.15, 0.2) is 24.3 Å². The van der Waals surface area contributed by atoms with Crippen molar-refractivity contribution in [2.24, 2.45) is 11.7 Å². The highest BCUT2D eigenvalue weighted by Gasteiger charge is 2.26. The zero-order valence-corrected chi connectivity index (χ0v) is 12.4. The minimum atomic E-state index is 0.00676. The molecule has 1 aliphatic rings. The SMILES string of the molecule is CCCN(CC1CC1)C(=O)Nc1ccc(C(C)N)cc1. The molecule has 2 amide bonds. The van der Waals surface area contributed by atoms with Crippen LogP contribution >= 0.6 is 0 Å². The van der Waals surface area contributed by atoms with Gasteiger partial charge in [0.15, 0.2) is 0 Å². The third-order valence-electron chi connectivity index (χ3n) is 3.64. The maximum Gasteiger partial charge on any atom is 0.321 e. The van der Waals surface area contributed by atoms with Gasteiger partial charge in [-0.1, -0.05) is 19.1 Å². The predicted octanol–water partition coefficient (Wildman–Crippen LogP) is 3.36.